The predicted octanol–water partition coefficient (Wildman–Crippen LogP) is 1.99. The Morgan fingerprint density at radius 3 is 3.06 bits per heavy atom. The smallest absolute Gasteiger partial charge is 0.251 e. The van der Waals surface area contributed by atoms with Gasteiger partial charge in [-0.2, -0.15) is 0 Å². The first-order valence-electron chi connectivity index (χ1n) is 6.27. The van der Waals surface area contributed by atoms with E-state index in [2.05, 4.69) is 5.32 Å². The zero-order chi connectivity index (χ0) is 13.0. The van der Waals surface area contributed by atoms with Gasteiger partial charge in [0.05, 0.1) is 19.3 Å². The molecule has 0 aromatic heterocycles. The molecule has 1 aliphatic heterocycles. The topological polar surface area (TPSA) is 47.6 Å². The summed E-state index contributed by atoms with van der Waals surface area (Å²) in [5.74, 6) is 0.601. The van der Waals surface area contributed by atoms with Gasteiger partial charge in [-0.15, -0.1) is 0 Å². The van der Waals surface area contributed by atoms with Crippen molar-refractivity contribution in [2.45, 2.75) is 31.9 Å². The van der Waals surface area contributed by atoms with E-state index in [-0.39, 0.29) is 18.1 Å². The van der Waals surface area contributed by atoms with Crippen LogP contribution < -0.4 is 10.1 Å². The molecule has 0 bridgehead atoms. The van der Waals surface area contributed by atoms with E-state index in [9.17, 15) is 4.79 Å². The van der Waals surface area contributed by atoms with Crippen molar-refractivity contribution < 1.29 is 14.3 Å². The summed E-state index contributed by atoms with van der Waals surface area (Å²) in [5, 5.41) is 2.97. The molecule has 1 N–H and O–H groups in total. The maximum Gasteiger partial charge on any atom is 0.251 e. The largest absolute Gasteiger partial charge is 0.497 e. The number of amides is 1. The Morgan fingerprint density at radius 1 is 1.56 bits per heavy atom. The minimum Gasteiger partial charge on any atom is -0.497 e. The van der Waals surface area contributed by atoms with Crippen LogP contribution >= 0.6 is 0 Å². The van der Waals surface area contributed by atoms with Gasteiger partial charge in [0, 0.05) is 12.2 Å². The number of nitrogens with one attached hydrogen (secondary N) is 1. The SMILES string of the molecule is COc1cccc(C(=O)N[C@@H](C)[C@@H]2CCCO2)c1. The van der Waals surface area contributed by atoms with Crippen LogP contribution in [-0.2, 0) is 4.74 Å². The number of carbonyl (C=O) groups excluding carboxylic acids is 1. The van der Waals surface area contributed by atoms with Gasteiger partial charge in [-0.25, -0.2) is 0 Å². The first kappa shape index (κ1) is 12.9. The molecule has 0 spiro atoms. The monoisotopic (exact) mass is 249 g/mol. The zero-order valence-electron chi connectivity index (χ0n) is 10.8. The van der Waals surface area contributed by atoms with Crippen LogP contribution in [0.25, 0.3) is 0 Å². The van der Waals surface area contributed by atoms with Crippen molar-refractivity contribution >= 4 is 5.91 Å². The maximum atomic E-state index is 12.1. The van der Waals surface area contributed by atoms with Crippen LogP contribution in [-0.4, -0.2) is 31.8 Å². The van der Waals surface area contributed by atoms with Crippen molar-refractivity contribution in [3.8, 4) is 5.75 Å². The lowest BCUT2D eigenvalue weighted by molar-refractivity contribution is 0.0712. The number of hydrogen-bond acceptors (Lipinski definition) is 3. The van der Waals surface area contributed by atoms with Crippen LogP contribution in [0.1, 0.15) is 30.1 Å². The summed E-state index contributed by atoms with van der Waals surface area (Å²) in [4.78, 5) is 12.1. The Bertz CT molecular complexity index is 413. The third-order valence-corrected chi connectivity index (χ3v) is 3.21. The van der Waals surface area contributed by atoms with Crippen molar-refractivity contribution in [3.05, 3.63) is 29.8 Å². The molecule has 1 aromatic carbocycles. The van der Waals surface area contributed by atoms with Gasteiger partial charge >= 0.3 is 0 Å². The highest BCUT2D eigenvalue weighted by Crippen LogP contribution is 2.17. The normalized spacial score (nSPS) is 20.4. The molecule has 1 fully saturated rings. The van der Waals surface area contributed by atoms with E-state index in [1.165, 1.54) is 0 Å². The average Bonchev–Trinajstić information content (AvgIpc) is 2.92. The van der Waals surface area contributed by atoms with E-state index in [1.807, 2.05) is 19.1 Å². The minimum absolute atomic E-state index is 0.0335. The van der Waals surface area contributed by atoms with E-state index in [0.717, 1.165) is 19.4 Å². The lowest BCUT2D eigenvalue weighted by atomic mass is 10.1. The highest BCUT2D eigenvalue weighted by Gasteiger charge is 2.23. The van der Waals surface area contributed by atoms with Crippen molar-refractivity contribution in [1.82, 2.24) is 5.32 Å². The van der Waals surface area contributed by atoms with Gasteiger partial charge in [0.25, 0.3) is 5.91 Å². The molecule has 1 aromatic rings. The first-order chi connectivity index (χ1) is 8.70. The van der Waals surface area contributed by atoms with E-state index in [1.54, 1.807) is 19.2 Å². The molecule has 18 heavy (non-hydrogen) atoms. The standard InChI is InChI=1S/C14H19NO3/c1-10(13-7-4-8-18-13)15-14(16)11-5-3-6-12(9-11)17-2/h3,5-6,9-10,13H,4,7-8H2,1-2H3,(H,15,16)/t10-,13-/m0/s1. The van der Waals surface area contributed by atoms with Crippen LogP contribution in [0.3, 0.4) is 0 Å². The summed E-state index contributed by atoms with van der Waals surface area (Å²) >= 11 is 0. The minimum atomic E-state index is -0.0862. The molecular weight excluding hydrogens is 230 g/mol. The van der Waals surface area contributed by atoms with E-state index < -0.39 is 0 Å². The second-order valence-corrected chi connectivity index (χ2v) is 4.55. The average molecular weight is 249 g/mol. The van der Waals surface area contributed by atoms with Gasteiger partial charge in [0.2, 0.25) is 0 Å². The van der Waals surface area contributed by atoms with E-state index >= 15 is 0 Å². The Labute approximate surface area is 107 Å². The van der Waals surface area contributed by atoms with Crippen molar-refractivity contribution in [2.24, 2.45) is 0 Å². The summed E-state index contributed by atoms with van der Waals surface area (Å²) in [6, 6.07) is 7.17. The molecule has 4 nitrogen and oxygen atoms in total. The predicted molar refractivity (Wildman–Crippen MR) is 68.9 cm³/mol. The second-order valence-electron chi connectivity index (χ2n) is 4.55. The number of carbonyl (C=O) groups is 1. The van der Waals surface area contributed by atoms with Crippen LogP contribution in [0.4, 0.5) is 0 Å². The molecule has 0 radical (unpaired) electrons. The van der Waals surface area contributed by atoms with Crippen molar-refractivity contribution in [1.29, 1.82) is 0 Å². The van der Waals surface area contributed by atoms with Crippen molar-refractivity contribution in [2.75, 3.05) is 13.7 Å². The molecule has 0 aliphatic carbocycles. The lowest BCUT2D eigenvalue weighted by Crippen LogP contribution is -2.40. The number of methoxy groups -OCH3 is 1. The summed E-state index contributed by atoms with van der Waals surface area (Å²) in [5.41, 5.74) is 0.610. The van der Waals surface area contributed by atoms with Gasteiger partial charge in [-0.05, 0) is 38.0 Å². The van der Waals surface area contributed by atoms with Crippen LogP contribution in [0, 0.1) is 0 Å². The molecule has 98 valence electrons. The van der Waals surface area contributed by atoms with E-state index in [0.29, 0.717) is 11.3 Å². The molecule has 4 heteroatoms. The molecule has 0 unspecified atom stereocenters. The summed E-state index contributed by atoms with van der Waals surface area (Å²) < 4.78 is 10.7. The third kappa shape index (κ3) is 3.01. The quantitative estimate of drug-likeness (QED) is 0.887. The van der Waals surface area contributed by atoms with Crippen LogP contribution in [0.5, 0.6) is 5.75 Å². The Balaban J connectivity index is 1.97. The number of rotatable bonds is 4. The Hall–Kier alpha value is -1.55. The van der Waals surface area contributed by atoms with Gasteiger partial charge in [0.1, 0.15) is 5.75 Å². The third-order valence-electron chi connectivity index (χ3n) is 3.21. The van der Waals surface area contributed by atoms with Crippen LogP contribution in [0.2, 0.25) is 0 Å². The fourth-order valence-electron chi connectivity index (χ4n) is 2.14. The molecule has 1 amide bonds. The number of hydrogen-bond donors (Lipinski definition) is 1. The highest BCUT2D eigenvalue weighted by atomic mass is 16.5. The number of ether oxygens (including phenoxy) is 2. The maximum absolute atomic E-state index is 12.1. The number of benzene rings is 1. The summed E-state index contributed by atoms with van der Waals surface area (Å²) in [7, 11) is 1.59. The molecule has 2 rings (SSSR count). The van der Waals surface area contributed by atoms with Gasteiger partial charge in [-0.3, -0.25) is 4.79 Å². The Kier molecular flexibility index (Phi) is 4.20. The van der Waals surface area contributed by atoms with Gasteiger partial charge in [0.15, 0.2) is 0 Å². The van der Waals surface area contributed by atoms with Gasteiger partial charge < -0.3 is 14.8 Å². The molecular formula is C14H19NO3. The molecule has 2 atom stereocenters. The second kappa shape index (κ2) is 5.87. The Morgan fingerprint density at radius 2 is 2.39 bits per heavy atom. The zero-order valence-corrected chi connectivity index (χ0v) is 10.8. The molecule has 0 saturated carbocycles. The van der Waals surface area contributed by atoms with Crippen molar-refractivity contribution in [3.63, 3.8) is 0 Å². The van der Waals surface area contributed by atoms with Gasteiger partial charge in [-0.1, -0.05) is 6.07 Å². The van der Waals surface area contributed by atoms with E-state index in [4.69, 9.17) is 9.47 Å². The fraction of sp³-hybridized carbons (Fsp3) is 0.500. The highest BCUT2D eigenvalue weighted by molar-refractivity contribution is 5.94. The molecule has 1 heterocycles. The first-order valence-corrected chi connectivity index (χ1v) is 6.27. The molecule has 1 saturated heterocycles. The molecule has 1 aliphatic rings. The fourth-order valence-corrected chi connectivity index (χ4v) is 2.14. The summed E-state index contributed by atoms with van der Waals surface area (Å²) in [6.45, 7) is 2.78. The lowest BCUT2D eigenvalue weighted by Gasteiger charge is -2.20. The summed E-state index contributed by atoms with van der Waals surface area (Å²) in [6.07, 6.45) is 2.23. The van der Waals surface area contributed by atoms with Crippen LogP contribution in [0.15, 0.2) is 24.3 Å².